The van der Waals surface area contributed by atoms with E-state index in [-0.39, 0.29) is 17.8 Å². The highest BCUT2D eigenvalue weighted by Crippen LogP contribution is 2.27. The summed E-state index contributed by atoms with van der Waals surface area (Å²) < 4.78 is 5.60. The summed E-state index contributed by atoms with van der Waals surface area (Å²) in [5.74, 6) is -0.341. The molecule has 0 aromatic heterocycles. The molecule has 0 aromatic carbocycles. The molecule has 4 heteroatoms. The molecule has 0 aromatic rings. The average molecular weight is 372 g/mol. The van der Waals surface area contributed by atoms with Crippen molar-refractivity contribution in [2.45, 2.75) is 111 Å². The Bertz CT molecular complexity index is 360. The maximum atomic E-state index is 12.4. The number of carbonyl (C=O) groups is 1. The minimum atomic E-state index is -1.15. The fourth-order valence-corrected chi connectivity index (χ4v) is 3.61. The third-order valence-corrected chi connectivity index (χ3v) is 5.60. The molecule has 0 aliphatic heterocycles. The van der Waals surface area contributed by atoms with Crippen molar-refractivity contribution in [2.24, 2.45) is 11.8 Å². The number of unbranched alkanes of at least 4 members (excludes halogenated alkanes) is 8. The zero-order chi connectivity index (χ0) is 20.2. The van der Waals surface area contributed by atoms with E-state index in [4.69, 9.17) is 4.74 Å². The Balaban J connectivity index is 4.06. The van der Waals surface area contributed by atoms with Crippen LogP contribution in [-0.2, 0) is 9.53 Å². The molecular formula is C22H45NO3. The van der Waals surface area contributed by atoms with Crippen molar-refractivity contribution in [3.8, 4) is 0 Å². The number of carbonyl (C=O) groups excluding carboxylic acids is 1. The molecule has 0 amide bonds. The Morgan fingerprint density at radius 3 is 1.81 bits per heavy atom. The van der Waals surface area contributed by atoms with Gasteiger partial charge >= 0.3 is 5.97 Å². The summed E-state index contributed by atoms with van der Waals surface area (Å²) in [7, 11) is 3.63. The Kier molecular flexibility index (Phi) is 13.2. The van der Waals surface area contributed by atoms with Crippen molar-refractivity contribution in [3.63, 3.8) is 0 Å². The molecule has 1 N–H and O–H groups in total. The third-order valence-electron chi connectivity index (χ3n) is 5.60. The highest BCUT2D eigenvalue weighted by atomic mass is 16.6. The molecule has 3 unspecified atom stereocenters. The smallest absolute Gasteiger partial charge is 0.309 e. The second-order valence-corrected chi connectivity index (χ2v) is 8.43. The highest BCUT2D eigenvalue weighted by Gasteiger charge is 2.42. The van der Waals surface area contributed by atoms with Gasteiger partial charge < -0.3 is 9.84 Å². The fraction of sp³-hybridized carbons (Fsp3) is 0.955. The lowest BCUT2D eigenvalue weighted by Crippen LogP contribution is -2.57. The maximum Gasteiger partial charge on any atom is 0.309 e. The predicted molar refractivity (Wildman–Crippen MR) is 110 cm³/mol. The number of nitrogens with zero attached hydrogens (tertiary/aromatic N) is 1. The number of ether oxygens (including phenoxy) is 1. The summed E-state index contributed by atoms with van der Waals surface area (Å²) in [6.45, 7) is 9.84. The summed E-state index contributed by atoms with van der Waals surface area (Å²) in [4.78, 5) is 14.1. The Morgan fingerprint density at radius 2 is 1.38 bits per heavy atom. The lowest BCUT2D eigenvalue weighted by Gasteiger charge is -2.42. The summed E-state index contributed by atoms with van der Waals surface area (Å²) >= 11 is 0. The van der Waals surface area contributed by atoms with Crippen molar-refractivity contribution in [1.82, 2.24) is 4.90 Å². The number of hydrogen-bond acceptors (Lipinski definition) is 4. The largest absolute Gasteiger partial charge is 0.458 e. The molecule has 0 heterocycles. The van der Waals surface area contributed by atoms with Crippen molar-refractivity contribution < 1.29 is 14.6 Å². The van der Waals surface area contributed by atoms with Gasteiger partial charge in [-0.15, -0.1) is 0 Å². The highest BCUT2D eigenvalue weighted by molar-refractivity contribution is 5.72. The lowest BCUT2D eigenvalue weighted by atomic mass is 9.93. The van der Waals surface area contributed by atoms with Gasteiger partial charge in [0.25, 0.3) is 0 Å². The molecule has 0 bridgehead atoms. The van der Waals surface area contributed by atoms with Crippen molar-refractivity contribution in [3.05, 3.63) is 0 Å². The number of rotatable bonds is 15. The van der Waals surface area contributed by atoms with Crippen LogP contribution in [0.5, 0.6) is 0 Å². The van der Waals surface area contributed by atoms with E-state index >= 15 is 0 Å². The van der Waals surface area contributed by atoms with Gasteiger partial charge in [0.1, 0.15) is 6.10 Å². The SMILES string of the molecule is CCCCCCCCCCCC(C)C(=O)OC(C)C(O)(C(C)C)N(C)C. The summed E-state index contributed by atoms with van der Waals surface area (Å²) in [5.41, 5.74) is -1.15. The quantitative estimate of drug-likeness (QED) is 0.238. The number of aliphatic hydroxyl groups is 1. The molecule has 156 valence electrons. The number of esters is 1. The van der Waals surface area contributed by atoms with E-state index in [1.165, 1.54) is 51.4 Å². The first-order valence-corrected chi connectivity index (χ1v) is 10.8. The molecule has 0 aliphatic rings. The van der Waals surface area contributed by atoms with E-state index < -0.39 is 11.8 Å². The minimum absolute atomic E-state index is 0.0343. The number of likely N-dealkylation sites (N-methyl/N-ethyl adjacent to an activating group) is 1. The molecule has 0 saturated heterocycles. The van der Waals surface area contributed by atoms with Gasteiger partial charge in [0, 0.05) is 0 Å². The van der Waals surface area contributed by atoms with Crippen LogP contribution in [-0.4, -0.2) is 41.9 Å². The van der Waals surface area contributed by atoms with Gasteiger partial charge in [-0.3, -0.25) is 9.69 Å². The standard InChI is InChI=1S/C22H45NO3/c1-8-9-10-11-12-13-14-15-16-17-19(4)21(24)26-20(5)22(25,18(2)3)23(6)7/h18-20,25H,8-17H2,1-7H3. The van der Waals surface area contributed by atoms with Crippen LogP contribution in [0.4, 0.5) is 0 Å². The van der Waals surface area contributed by atoms with Crippen LogP contribution >= 0.6 is 0 Å². The van der Waals surface area contributed by atoms with Crippen LogP contribution in [0.15, 0.2) is 0 Å². The molecule has 26 heavy (non-hydrogen) atoms. The first-order valence-electron chi connectivity index (χ1n) is 10.8. The molecule has 0 rings (SSSR count). The van der Waals surface area contributed by atoms with E-state index in [1.807, 2.05) is 34.9 Å². The normalized spacial score (nSPS) is 16.5. The van der Waals surface area contributed by atoms with Gasteiger partial charge in [0.2, 0.25) is 0 Å². The summed E-state index contributed by atoms with van der Waals surface area (Å²) in [6, 6.07) is 0. The molecule has 0 radical (unpaired) electrons. The first-order chi connectivity index (χ1) is 12.2. The first kappa shape index (κ1) is 25.4. The molecule has 0 aliphatic carbocycles. The van der Waals surface area contributed by atoms with Crippen LogP contribution in [0.25, 0.3) is 0 Å². The van der Waals surface area contributed by atoms with Crippen LogP contribution in [0.1, 0.15) is 98.8 Å². The average Bonchev–Trinajstić information content (AvgIpc) is 2.58. The third kappa shape index (κ3) is 8.85. The predicted octanol–water partition coefficient (Wildman–Crippen LogP) is 5.38. The minimum Gasteiger partial charge on any atom is -0.458 e. The molecule has 0 fully saturated rings. The molecule has 3 atom stereocenters. The Hall–Kier alpha value is -0.610. The van der Waals surface area contributed by atoms with Crippen LogP contribution in [0, 0.1) is 11.8 Å². The van der Waals surface area contributed by atoms with Gasteiger partial charge in [0.15, 0.2) is 5.72 Å². The molecule has 0 saturated carbocycles. The van der Waals surface area contributed by atoms with E-state index in [2.05, 4.69) is 6.92 Å². The Morgan fingerprint density at radius 1 is 0.923 bits per heavy atom. The van der Waals surface area contributed by atoms with E-state index in [0.29, 0.717) is 0 Å². The maximum absolute atomic E-state index is 12.4. The number of hydrogen-bond donors (Lipinski definition) is 1. The topological polar surface area (TPSA) is 49.8 Å². The van der Waals surface area contributed by atoms with Crippen molar-refractivity contribution in [2.75, 3.05) is 14.1 Å². The lowest BCUT2D eigenvalue weighted by molar-refractivity contribution is -0.207. The zero-order valence-electron chi connectivity index (χ0n) is 18.5. The van der Waals surface area contributed by atoms with Gasteiger partial charge in [0.05, 0.1) is 5.92 Å². The summed E-state index contributed by atoms with van der Waals surface area (Å²) in [6.07, 6.45) is 11.9. The van der Waals surface area contributed by atoms with E-state index in [9.17, 15) is 9.90 Å². The molecule has 0 spiro atoms. The van der Waals surface area contributed by atoms with Crippen LogP contribution in [0.2, 0.25) is 0 Å². The van der Waals surface area contributed by atoms with Crippen molar-refractivity contribution in [1.29, 1.82) is 0 Å². The zero-order valence-corrected chi connectivity index (χ0v) is 18.5. The second kappa shape index (κ2) is 13.5. The Labute approximate surface area is 162 Å². The molecular weight excluding hydrogens is 326 g/mol. The second-order valence-electron chi connectivity index (χ2n) is 8.43. The van der Waals surface area contributed by atoms with Gasteiger partial charge in [-0.2, -0.15) is 0 Å². The monoisotopic (exact) mass is 371 g/mol. The van der Waals surface area contributed by atoms with Gasteiger partial charge in [-0.05, 0) is 33.4 Å². The van der Waals surface area contributed by atoms with E-state index in [0.717, 1.165) is 12.8 Å². The fourth-order valence-electron chi connectivity index (χ4n) is 3.61. The van der Waals surface area contributed by atoms with Crippen LogP contribution < -0.4 is 0 Å². The van der Waals surface area contributed by atoms with E-state index in [1.54, 1.807) is 11.8 Å². The molecule has 4 nitrogen and oxygen atoms in total. The summed E-state index contributed by atoms with van der Waals surface area (Å²) in [5, 5.41) is 10.9. The van der Waals surface area contributed by atoms with Crippen LogP contribution in [0.3, 0.4) is 0 Å². The van der Waals surface area contributed by atoms with Gasteiger partial charge in [-0.1, -0.05) is 85.5 Å². The van der Waals surface area contributed by atoms with Gasteiger partial charge in [-0.25, -0.2) is 0 Å². The van der Waals surface area contributed by atoms with Crippen molar-refractivity contribution >= 4 is 5.97 Å².